The Morgan fingerprint density at radius 3 is 2.34 bits per heavy atom. The van der Waals surface area contributed by atoms with E-state index < -0.39 is 35.6 Å². The van der Waals surface area contributed by atoms with E-state index in [9.17, 15) is 24.0 Å². The second-order valence-electron chi connectivity index (χ2n) is 16.2. The summed E-state index contributed by atoms with van der Waals surface area (Å²) in [7, 11) is 0. The van der Waals surface area contributed by atoms with Crippen molar-refractivity contribution in [2.45, 2.75) is 88.1 Å². The van der Waals surface area contributed by atoms with Crippen LogP contribution in [0.2, 0.25) is 5.02 Å². The number of amidine groups is 1. The van der Waals surface area contributed by atoms with Crippen LogP contribution >= 0.6 is 11.6 Å². The number of piperazine rings is 1. The van der Waals surface area contributed by atoms with Crippen LogP contribution in [0.4, 0.5) is 5.69 Å². The number of carbonyl (C=O) groups excluding carboxylic acids is 5. The Morgan fingerprint density at radius 1 is 0.931 bits per heavy atom. The van der Waals surface area contributed by atoms with E-state index in [0.29, 0.717) is 58.6 Å². The lowest BCUT2D eigenvalue weighted by Gasteiger charge is -2.58. The average Bonchev–Trinajstić information content (AvgIpc) is 3.47. The van der Waals surface area contributed by atoms with Crippen molar-refractivity contribution in [3.05, 3.63) is 70.3 Å². The fraction of sp³-hybridized carbons (Fsp3) is 0.476. The van der Waals surface area contributed by atoms with E-state index in [1.54, 1.807) is 36.4 Å². The Kier molecular flexibility index (Phi) is 11.1. The highest BCUT2D eigenvalue weighted by Crippen LogP contribution is 2.38. The number of halogens is 1. The minimum absolute atomic E-state index is 0.0220. The summed E-state index contributed by atoms with van der Waals surface area (Å²) in [5, 5.41) is 31.5. The van der Waals surface area contributed by atoms with Crippen LogP contribution in [0.3, 0.4) is 0 Å². The second kappa shape index (κ2) is 16.3. The number of carbonyl (C=O) groups is 5. The first-order valence-electron chi connectivity index (χ1n) is 20.1. The molecule has 302 valence electrons. The van der Waals surface area contributed by atoms with Crippen molar-refractivity contribution in [1.29, 1.82) is 16.1 Å². The zero-order valence-corrected chi connectivity index (χ0v) is 32.8. The normalized spacial score (nSPS) is 26.2. The van der Waals surface area contributed by atoms with Gasteiger partial charge in [-0.25, -0.2) is 0 Å². The standard InChI is InChI=1S/C42H46ClN9O6/c43-34-19-31(5-1-25(34)20-44)58-30-6-2-26(3-7-30)47-39(54)35(45)9-11-37(46)49-15-13-24(14-16-49)21-51-28-17-29(51)23-50(22-28)27-4-8-32-33(18-27)42(57)52(41(32)56)36-10-12-38(53)48-40(36)55/h1,4-5,8-9,11,18-19,24,26,28-30,36,45-46H,2-3,6-7,10,12-17,21-23H2,(H,47,54)(H,48,53,55)/b11-9-,45-35?,46-37?. The quantitative estimate of drug-likeness (QED) is 0.156. The molecule has 5 amide bonds. The van der Waals surface area contributed by atoms with E-state index in [0.717, 1.165) is 75.4 Å². The molecule has 2 aromatic carbocycles. The number of rotatable bonds is 10. The van der Waals surface area contributed by atoms with Crippen LogP contribution in [0.25, 0.3) is 0 Å². The van der Waals surface area contributed by atoms with Crippen molar-refractivity contribution in [2.24, 2.45) is 5.92 Å². The maximum absolute atomic E-state index is 13.4. The SMILES string of the molecule is N#Cc1ccc(OC2CCC(NC(=O)C(=N)/C=C\C(=N)N3CCC(CN4C5CC4CN(c4ccc6c(c4)C(=O)N(C4CCC(=O)NC4=O)C6=O)C5)CC3)CC2)cc1Cl. The molecule has 0 aromatic heterocycles. The van der Waals surface area contributed by atoms with Gasteiger partial charge in [0.15, 0.2) is 0 Å². The van der Waals surface area contributed by atoms with E-state index in [4.69, 9.17) is 32.4 Å². The lowest BCUT2D eigenvalue weighted by molar-refractivity contribution is -0.136. The summed E-state index contributed by atoms with van der Waals surface area (Å²) in [4.78, 5) is 71.2. The highest BCUT2D eigenvalue weighted by atomic mass is 35.5. The molecule has 1 aliphatic carbocycles. The Labute approximate surface area is 341 Å². The number of amides is 5. The molecule has 6 fully saturated rings. The number of nitrogens with zero attached hydrogens (tertiary/aromatic N) is 5. The smallest absolute Gasteiger partial charge is 0.269 e. The van der Waals surface area contributed by atoms with Gasteiger partial charge in [0.25, 0.3) is 17.7 Å². The number of benzene rings is 2. The molecule has 7 aliphatic rings. The van der Waals surface area contributed by atoms with Gasteiger partial charge in [0.1, 0.15) is 29.4 Å². The molecule has 15 nitrogen and oxygen atoms in total. The van der Waals surface area contributed by atoms with Gasteiger partial charge < -0.3 is 19.9 Å². The van der Waals surface area contributed by atoms with Crippen LogP contribution in [0.1, 0.15) is 84.1 Å². The first-order valence-corrected chi connectivity index (χ1v) is 20.5. The third-order valence-electron chi connectivity index (χ3n) is 12.6. The molecule has 6 heterocycles. The zero-order valence-electron chi connectivity index (χ0n) is 32.0. The highest BCUT2D eigenvalue weighted by Gasteiger charge is 2.47. The summed E-state index contributed by atoms with van der Waals surface area (Å²) in [5.41, 5.74) is 1.67. The third kappa shape index (κ3) is 7.95. The maximum Gasteiger partial charge on any atom is 0.269 e. The number of nitriles is 1. The van der Waals surface area contributed by atoms with E-state index in [2.05, 4.69) is 20.4 Å². The molecular weight excluding hydrogens is 762 g/mol. The van der Waals surface area contributed by atoms with Crippen LogP contribution in [0, 0.1) is 28.1 Å². The van der Waals surface area contributed by atoms with Gasteiger partial charge in [0.2, 0.25) is 11.8 Å². The van der Waals surface area contributed by atoms with Crippen LogP contribution in [-0.2, 0) is 14.4 Å². The largest absolute Gasteiger partial charge is 0.490 e. The summed E-state index contributed by atoms with van der Waals surface area (Å²) in [6, 6.07) is 12.1. The number of nitrogens with one attached hydrogen (secondary N) is 4. The monoisotopic (exact) mass is 807 g/mol. The van der Waals surface area contributed by atoms with Gasteiger partial charge in [-0.1, -0.05) is 11.6 Å². The summed E-state index contributed by atoms with van der Waals surface area (Å²) >= 11 is 6.13. The summed E-state index contributed by atoms with van der Waals surface area (Å²) in [6.45, 7) is 4.09. The Morgan fingerprint density at radius 2 is 1.66 bits per heavy atom. The van der Waals surface area contributed by atoms with Gasteiger partial charge in [-0.15, -0.1) is 0 Å². The topological polar surface area (TPSA) is 203 Å². The van der Waals surface area contributed by atoms with Crippen LogP contribution in [0.15, 0.2) is 48.6 Å². The predicted octanol–water partition coefficient (Wildman–Crippen LogP) is 3.65. The summed E-state index contributed by atoms with van der Waals surface area (Å²) in [5.74, 6) is -1.07. The van der Waals surface area contributed by atoms with Crippen LogP contribution in [0.5, 0.6) is 5.75 Å². The molecule has 3 atom stereocenters. The lowest BCUT2D eigenvalue weighted by Crippen LogP contribution is -2.69. The van der Waals surface area contributed by atoms with Gasteiger partial charge in [-0.3, -0.25) is 49.9 Å². The number of piperidine rings is 3. The van der Waals surface area contributed by atoms with Crippen molar-refractivity contribution in [1.82, 2.24) is 25.3 Å². The van der Waals surface area contributed by atoms with E-state index in [1.165, 1.54) is 6.08 Å². The molecule has 2 aromatic rings. The number of hydrogen-bond donors (Lipinski definition) is 4. The first-order chi connectivity index (χ1) is 27.9. The van der Waals surface area contributed by atoms with Crippen LogP contribution in [-0.4, -0.2) is 119 Å². The number of imide groups is 2. The molecule has 9 rings (SSSR count). The van der Waals surface area contributed by atoms with E-state index in [-0.39, 0.29) is 36.3 Å². The minimum Gasteiger partial charge on any atom is -0.490 e. The van der Waals surface area contributed by atoms with E-state index in [1.807, 2.05) is 17.0 Å². The van der Waals surface area contributed by atoms with Gasteiger partial charge >= 0.3 is 0 Å². The fourth-order valence-electron chi connectivity index (χ4n) is 9.29. The molecule has 58 heavy (non-hydrogen) atoms. The van der Waals surface area contributed by atoms with Gasteiger partial charge in [0.05, 0.1) is 27.8 Å². The molecule has 5 saturated heterocycles. The van der Waals surface area contributed by atoms with Gasteiger partial charge in [-0.05, 0) is 99.8 Å². The van der Waals surface area contributed by atoms with E-state index >= 15 is 0 Å². The fourth-order valence-corrected chi connectivity index (χ4v) is 9.50. The van der Waals surface area contributed by atoms with Crippen LogP contribution < -0.4 is 20.3 Å². The molecule has 1 saturated carbocycles. The minimum atomic E-state index is -0.986. The maximum atomic E-state index is 13.4. The Hall–Kier alpha value is -5.59. The van der Waals surface area contributed by atoms with Gasteiger partial charge in [0, 0.05) is 69.0 Å². The van der Waals surface area contributed by atoms with Gasteiger partial charge in [-0.2, -0.15) is 5.26 Å². The molecule has 4 N–H and O–H groups in total. The second-order valence-corrected chi connectivity index (χ2v) is 16.6. The predicted molar refractivity (Wildman–Crippen MR) is 214 cm³/mol. The Bertz CT molecular complexity index is 2120. The molecule has 0 radical (unpaired) electrons. The van der Waals surface area contributed by atoms with Crippen molar-refractivity contribution >= 4 is 58.4 Å². The third-order valence-corrected chi connectivity index (χ3v) is 12.9. The average molecular weight is 808 g/mol. The molecule has 0 spiro atoms. The first kappa shape index (κ1) is 39.2. The number of likely N-dealkylation sites (tertiary alicyclic amines) is 1. The van der Waals surface area contributed by atoms with Crippen molar-refractivity contribution in [3.63, 3.8) is 0 Å². The van der Waals surface area contributed by atoms with Crippen molar-refractivity contribution < 1.29 is 28.7 Å². The zero-order chi connectivity index (χ0) is 40.7. The number of hydrogen-bond acceptors (Lipinski definition) is 11. The lowest BCUT2D eigenvalue weighted by atomic mass is 9.84. The molecule has 6 aliphatic heterocycles. The summed E-state index contributed by atoms with van der Waals surface area (Å²) in [6.07, 6.45) is 9.05. The number of ether oxygens (including phenoxy) is 1. The number of fused-ring (bicyclic) bond motifs is 3. The number of anilines is 1. The highest BCUT2D eigenvalue weighted by molar-refractivity contribution is 6.42. The molecule has 2 bridgehead atoms. The van der Waals surface area contributed by atoms with Crippen molar-refractivity contribution in [3.8, 4) is 11.8 Å². The Balaban J connectivity index is 0.749. The van der Waals surface area contributed by atoms with Crippen molar-refractivity contribution in [2.75, 3.05) is 37.6 Å². The molecule has 3 unspecified atom stereocenters. The summed E-state index contributed by atoms with van der Waals surface area (Å²) < 4.78 is 6.04. The molecule has 16 heteroatoms. The molecular formula is C42H46ClN9O6.